The van der Waals surface area contributed by atoms with Crippen LogP contribution in [0.2, 0.25) is 0 Å². The van der Waals surface area contributed by atoms with Crippen LogP contribution < -0.4 is 5.32 Å². The highest BCUT2D eigenvalue weighted by Crippen LogP contribution is 2.38. The van der Waals surface area contributed by atoms with E-state index >= 15 is 0 Å². The Labute approximate surface area is 81.3 Å². The van der Waals surface area contributed by atoms with Crippen LogP contribution in [0.5, 0.6) is 0 Å². The molecule has 0 aromatic carbocycles. The number of hydrogen-bond donors (Lipinski definition) is 2. The molecule has 1 aromatic rings. The summed E-state index contributed by atoms with van der Waals surface area (Å²) in [6.07, 6.45) is 2.16. The summed E-state index contributed by atoms with van der Waals surface area (Å²) in [6, 6.07) is 0.0324. The van der Waals surface area contributed by atoms with Gasteiger partial charge in [0.1, 0.15) is 12.0 Å². The zero-order chi connectivity index (χ0) is 9.54. The highest BCUT2D eigenvalue weighted by atomic mass is 19.1. The van der Waals surface area contributed by atoms with Gasteiger partial charge in [-0.2, -0.15) is 5.10 Å². The molecule has 2 N–H and O–H groups in total. The summed E-state index contributed by atoms with van der Waals surface area (Å²) in [4.78, 5) is 4.39. The Bertz CT molecular complexity index is 333. The summed E-state index contributed by atoms with van der Waals surface area (Å²) in [5.74, 6) is 2.26. The topological polar surface area (TPSA) is 53.6 Å². The van der Waals surface area contributed by atoms with Gasteiger partial charge in [-0.15, -0.1) is 0 Å². The van der Waals surface area contributed by atoms with Crippen molar-refractivity contribution in [3.8, 4) is 0 Å². The van der Waals surface area contributed by atoms with E-state index in [0.717, 1.165) is 11.6 Å². The summed E-state index contributed by atoms with van der Waals surface area (Å²) >= 11 is 0. The number of nitrogens with one attached hydrogen (secondary N) is 2. The summed E-state index contributed by atoms with van der Waals surface area (Å²) in [7, 11) is 0. The number of alkyl halides is 1. The lowest BCUT2D eigenvalue weighted by molar-refractivity contribution is 0.355. The van der Waals surface area contributed by atoms with Gasteiger partial charge in [-0.3, -0.25) is 5.10 Å². The van der Waals surface area contributed by atoms with Crippen LogP contribution in [0.25, 0.3) is 0 Å². The second-order valence-corrected chi connectivity index (χ2v) is 4.15. The van der Waals surface area contributed by atoms with Crippen LogP contribution in [0.4, 0.5) is 4.39 Å². The molecule has 76 valence electrons. The maximum absolute atomic E-state index is 12.9. The fourth-order valence-electron chi connectivity index (χ4n) is 1.87. The van der Waals surface area contributed by atoms with Gasteiger partial charge in [-0.25, -0.2) is 9.37 Å². The molecule has 1 saturated carbocycles. The molecule has 1 saturated heterocycles. The monoisotopic (exact) mass is 196 g/mol. The Kier molecular flexibility index (Phi) is 1.80. The first kappa shape index (κ1) is 8.35. The van der Waals surface area contributed by atoms with E-state index in [9.17, 15) is 4.39 Å². The number of rotatable bonds is 2. The van der Waals surface area contributed by atoms with E-state index in [1.807, 2.05) is 0 Å². The van der Waals surface area contributed by atoms with Gasteiger partial charge in [0.05, 0.1) is 6.04 Å². The fraction of sp³-hybridized carbons (Fsp3) is 0.778. The number of nitrogens with zero attached hydrogens (tertiary/aromatic N) is 2. The first-order valence-electron chi connectivity index (χ1n) is 5.12. The molecule has 2 unspecified atom stereocenters. The van der Waals surface area contributed by atoms with Gasteiger partial charge in [0.2, 0.25) is 0 Å². The van der Waals surface area contributed by atoms with E-state index in [-0.39, 0.29) is 6.04 Å². The van der Waals surface area contributed by atoms with E-state index in [1.54, 1.807) is 0 Å². The molecule has 1 aliphatic carbocycles. The van der Waals surface area contributed by atoms with Crippen LogP contribution in [0.15, 0.2) is 0 Å². The molecule has 1 aliphatic heterocycles. The Hall–Kier alpha value is -0.970. The van der Waals surface area contributed by atoms with Gasteiger partial charge in [0, 0.05) is 18.9 Å². The largest absolute Gasteiger partial charge is 0.304 e. The molecule has 0 spiro atoms. The third kappa shape index (κ3) is 1.41. The van der Waals surface area contributed by atoms with Crippen molar-refractivity contribution < 1.29 is 4.39 Å². The summed E-state index contributed by atoms with van der Waals surface area (Å²) in [5, 5.41) is 10.1. The summed E-state index contributed by atoms with van der Waals surface area (Å²) < 4.78 is 12.9. The van der Waals surface area contributed by atoms with Crippen molar-refractivity contribution in [1.29, 1.82) is 0 Å². The van der Waals surface area contributed by atoms with Crippen LogP contribution in [0.3, 0.4) is 0 Å². The Morgan fingerprint density at radius 1 is 1.36 bits per heavy atom. The average Bonchev–Trinajstić information content (AvgIpc) is 2.76. The molecule has 3 rings (SSSR count). The summed E-state index contributed by atoms with van der Waals surface area (Å²) in [5.41, 5.74) is 0. The molecule has 0 radical (unpaired) electrons. The predicted molar refractivity (Wildman–Crippen MR) is 48.6 cm³/mol. The van der Waals surface area contributed by atoms with Crippen LogP contribution in [-0.2, 0) is 0 Å². The maximum atomic E-state index is 12.9. The van der Waals surface area contributed by atoms with Crippen molar-refractivity contribution >= 4 is 0 Å². The minimum Gasteiger partial charge on any atom is -0.304 e. The van der Waals surface area contributed by atoms with Gasteiger partial charge in [0.25, 0.3) is 0 Å². The maximum Gasteiger partial charge on any atom is 0.153 e. The Balaban J connectivity index is 1.75. The van der Waals surface area contributed by atoms with E-state index in [4.69, 9.17) is 0 Å². The van der Waals surface area contributed by atoms with E-state index in [0.29, 0.717) is 18.9 Å². The lowest BCUT2D eigenvalue weighted by Crippen LogP contribution is -2.15. The molecule has 1 aromatic heterocycles. The zero-order valence-electron chi connectivity index (χ0n) is 7.83. The molecule has 0 amide bonds. The molecule has 2 heterocycles. The van der Waals surface area contributed by atoms with Crippen LogP contribution >= 0.6 is 0 Å². The normalized spacial score (nSPS) is 32.4. The van der Waals surface area contributed by atoms with Crippen LogP contribution in [-0.4, -0.2) is 27.9 Å². The molecule has 2 aliphatic rings. The van der Waals surface area contributed by atoms with Gasteiger partial charge in [-0.1, -0.05) is 0 Å². The predicted octanol–water partition coefficient (Wildman–Crippen LogP) is 1.05. The molecular weight excluding hydrogens is 183 g/mol. The van der Waals surface area contributed by atoms with Gasteiger partial charge < -0.3 is 5.32 Å². The van der Waals surface area contributed by atoms with Gasteiger partial charge >= 0.3 is 0 Å². The smallest absolute Gasteiger partial charge is 0.153 e. The average molecular weight is 196 g/mol. The van der Waals surface area contributed by atoms with E-state index < -0.39 is 6.17 Å². The zero-order valence-corrected chi connectivity index (χ0v) is 7.83. The van der Waals surface area contributed by atoms with Crippen molar-refractivity contribution in [2.45, 2.75) is 37.4 Å². The highest BCUT2D eigenvalue weighted by molar-refractivity contribution is 5.08. The van der Waals surface area contributed by atoms with Crippen LogP contribution in [0.1, 0.15) is 42.9 Å². The lowest BCUT2D eigenvalue weighted by Gasteiger charge is -2.03. The third-order valence-corrected chi connectivity index (χ3v) is 2.87. The van der Waals surface area contributed by atoms with Crippen molar-refractivity contribution in [3.05, 3.63) is 11.6 Å². The molecule has 2 atom stereocenters. The first-order chi connectivity index (χ1) is 6.83. The Morgan fingerprint density at radius 3 is 2.86 bits per heavy atom. The van der Waals surface area contributed by atoms with Crippen molar-refractivity contribution in [2.75, 3.05) is 6.54 Å². The van der Waals surface area contributed by atoms with E-state index in [2.05, 4.69) is 20.5 Å². The van der Waals surface area contributed by atoms with Gasteiger partial charge in [0.15, 0.2) is 5.82 Å². The Morgan fingerprint density at radius 2 is 2.21 bits per heavy atom. The van der Waals surface area contributed by atoms with Gasteiger partial charge in [-0.05, 0) is 12.8 Å². The second-order valence-electron chi connectivity index (χ2n) is 4.15. The standard InChI is InChI=1S/C9H13FN4/c10-6-3-7(11-4-6)9-12-8(13-14-9)5-1-2-5/h5-7,11H,1-4H2,(H,12,13,14). The molecule has 5 heteroatoms. The quantitative estimate of drug-likeness (QED) is 0.743. The second kappa shape index (κ2) is 3.02. The van der Waals surface area contributed by atoms with Crippen molar-refractivity contribution in [1.82, 2.24) is 20.5 Å². The van der Waals surface area contributed by atoms with Crippen molar-refractivity contribution in [2.24, 2.45) is 0 Å². The first-order valence-corrected chi connectivity index (χ1v) is 5.12. The number of halogens is 1. The molecule has 14 heavy (non-hydrogen) atoms. The molecule has 0 bridgehead atoms. The number of hydrogen-bond acceptors (Lipinski definition) is 3. The molecule has 4 nitrogen and oxygen atoms in total. The lowest BCUT2D eigenvalue weighted by atomic mass is 10.2. The SMILES string of the molecule is FC1CNC(c2nc(C3CC3)n[nH]2)C1. The van der Waals surface area contributed by atoms with Crippen LogP contribution in [0, 0.1) is 0 Å². The summed E-state index contributed by atoms with van der Waals surface area (Å²) in [6.45, 7) is 0.435. The third-order valence-electron chi connectivity index (χ3n) is 2.87. The van der Waals surface area contributed by atoms with E-state index in [1.165, 1.54) is 12.8 Å². The number of aromatic amines is 1. The number of H-pyrrole nitrogens is 1. The fourth-order valence-corrected chi connectivity index (χ4v) is 1.87. The minimum absolute atomic E-state index is 0.0324. The van der Waals surface area contributed by atoms with Crippen molar-refractivity contribution in [3.63, 3.8) is 0 Å². The highest BCUT2D eigenvalue weighted by Gasteiger charge is 2.31. The molecule has 2 fully saturated rings. The molecular formula is C9H13FN4. The number of aromatic nitrogens is 3. The minimum atomic E-state index is -0.741.